The maximum Gasteiger partial charge on any atom is 0.130 e. The molecule has 0 bridgehead atoms. The second-order valence-corrected chi connectivity index (χ2v) is 3.44. The number of hydrogen-bond donors (Lipinski definition) is 0. The largest absolute Gasteiger partial charge is 0.334 e. The molecular weight excluding hydrogens is 214 g/mol. The summed E-state index contributed by atoms with van der Waals surface area (Å²) < 4.78 is 3.81. The Hall–Kier alpha value is -1.36. The molecule has 0 amide bonds. The first-order valence-corrected chi connectivity index (χ1v) is 5.32. The van der Waals surface area contributed by atoms with Gasteiger partial charge in [-0.15, -0.1) is 16.7 Å². The van der Waals surface area contributed by atoms with Crippen LogP contribution in [0.3, 0.4) is 0 Å². The van der Waals surface area contributed by atoms with E-state index in [2.05, 4.69) is 26.8 Å². The highest BCUT2D eigenvalue weighted by atomic mass is 35.5. The van der Waals surface area contributed by atoms with Crippen LogP contribution in [0.2, 0.25) is 0 Å². The number of rotatable bonds is 4. The monoisotopic (exact) mass is 225 g/mol. The number of halogens is 1. The van der Waals surface area contributed by atoms with Crippen LogP contribution in [0.25, 0.3) is 0 Å². The van der Waals surface area contributed by atoms with E-state index in [9.17, 15) is 0 Å². The molecule has 0 radical (unpaired) electrons. The van der Waals surface area contributed by atoms with E-state index in [1.54, 1.807) is 10.9 Å². The lowest BCUT2D eigenvalue weighted by atomic mass is 10.5. The lowest BCUT2D eigenvalue weighted by Gasteiger charge is -2.03. The van der Waals surface area contributed by atoms with Gasteiger partial charge < -0.3 is 4.57 Å². The van der Waals surface area contributed by atoms with Gasteiger partial charge in [-0.25, -0.2) is 9.67 Å². The molecule has 80 valence electrons. The molecule has 2 rings (SSSR count). The highest BCUT2D eigenvalue weighted by Crippen LogP contribution is 2.02. The van der Waals surface area contributed by atoms with Gasteiger partial charge in [0.2, 0.25) is 0 Å². The van der Waals surface area contributed by atoms with Crippen molar-refractivity contribution < 1.29 is 0 Å². The molecule has 0 aliphatic rings. The zero-order valence-corrected chi connectivity index (χ0v) is 9.22. The molecule has 0 fully saturated rings. The summed E-state index contributed by atoms with van der Waals surface area (Å²) in [5, 5.41) is 7.88. The molecule has 2 heterocycles. The maximum absolute atomic E-state index is 5.64. The van der Waals surface area contributed by atoms with Crippen molar-refractivity contribution in [3.8, 4) is 0 Å². The minimum atomic E-state index is 0.391. The van der Waals surface area contributed by atoms with E-state index in [4.69, 9.17) is 11.6 Å². The Morgan fingerprint density at radius 1 is 1.47 bits per heavy atom. The van der Waals surface area contributed by atoms with Crippen LogP contribution in [0.1, 0.15) is 18.4 Å². The van der Waals surface area contributed by atoms with Crippen molar-refractivity contribution in [3.63, 3.8) is 0 Å². The molecule has 5 nitrogen and oxygen atoms in total. The summed E-state index contributed by atoms with van der Waals surface area (Å²) in [4.78, 5) is 4.26. The number of hydrogen-bond acceptors (Lipinski definition) is 3. The predicted molar refractivity (Wildman–Crippen MR) is 56.6 cm³/mol. The third-order valence-electron chi connectivity index (χ3n) is 2.17. The fourth-order valence-corrected chi connectivity index (χ4v) is 1.52. The summed E-state index contributed by atoms with van der Waals surface area (Å²) in [7, 11) is 0. The van der Waals surface area contributed by atoms with Gasteiger partial charge in [0.15, 0.2) is 0 Å². The Bertz CT molecular complexity index is 433. The second-order valence-electron chi connectivity index (χ2n) is 3.17. The zero-order chi connectivity index (χ0) is 10.7. The van der Waals surface area contributed by atoms with Crippen LogP contribution >= 0.6 is 11.6 Å². The Morgan fingerprint density at radius 3 is 3.00 bits per heavy atom. The van der Waals surface area contributed by atoms with Gasteiger partial charge >= 0.3 is 0 Å². The summed E-state index contributed by atoms with van der Waals surface area (Å²) in [5.41, 5.74) is 0.784. The van der Waals surface area contributed by atoms with Crippen molar-refractivity contribution in [1.29, 1.82) is 0 Å². The number of aryl methyl sites for hydroxylation is 1. The standard InChI is InChI=1S/C9H12ClN5/c1-2-14-4-3-11-9(14)7-15-6-8(5-10)12-13-15/h3-4,6H,2,5,7H2,1H3. The fraction of sp³-hybridized carbons (Fsp3) is 0.444. The molecule has 0 saturated carbocycles. The van der Waals surface area contributed by atoms with Gasteiger partial charge in [-0.2, -0.15) is 0 Å². The first-order chi connectivity index (χ1) is 7.33. The maximum atomic E-state index is 5.64. The minimum Gasteiger partial charge on any atom is -0.334 e. The number of imidazole rings is 1. The van der Waals surface area contributed by atoms with Crippen LogP contribution in [0, 0.1) is 0 Å². The van der Waals surface area contributed by atoms with Gasteiger partial charge in [-0.05, 0) is 6.92 Å². The van der Waals surface area contributed by atoms with Gasteiger partial charge in [-0.1, -0.05) is 5.21 Å². The summed E-state index contributed by atoms with van der Waals surface area (Å²) in [6, 6.07) is 0. The molecule has 0 aromatic carbocycles. The third kappa shape index (κ3) is 2.18. The molecular formula is C9H12ClN5. The van der Waals surface area contributed by atoms with Gasteiger partial charge in [-0.3, -0.25) is 0 Å². The minimum absolute atomic E-state index is 0.391. The molecule has 0 spiro atoms. The Morgan fingerprint density at radius 2 is 2.33 bits per heavy atom. The summed E-state index contributed by atoms with van der Waals surface area (Å²) in [5.74, 6) is 1.37. The highest BCUT2D eigenvalue weighted by Gasteiger charge is 2.04. The summed E-state index contributed by atoms with van der Waals surface area (Å²) in [6.07, 6.45) is 5.58. The Labute approximate surface area is 92.7 Å². The molecule has 0 aliphatic heterocycles. The van der Waals surface area contributed by atoms with Crippen LogP contribution in [0.15, 0.2) is 18.6 Å². The molecule has 2 aromatic heterocycles. The first kappa shape index (κ1) is 10.2. The SMILES string of the molecule is CCn1ccnc1Cn1cc(CCl)nn1. The normalized spacial score (nSPS) is 10.8. The Balaban J connectivity index is 2.14. The zero-order valence-electron chi connectivity index (χ0n) is 8.47. The van der Waals surface area contributed by atoms with Crippen molar-refractivity contribution in [2.24, 2.45) is 0 Å². The number of alkyl halides is 1. The summed E-state index contributed by atoms with van der Waals surface area (Å²) >= 11 is 5.64. The third-order valence-corrected chi connectivity index (χ3v) is 2.44. The smallest absolute Gasteiger partial charge is 0.130 e. The van der Waals surface area contributed by atoms with Crippen molar-refractivity contribution in [2.75, 3.05) is 0 Å². The molecule has 0 atom stereocenters. The fourth-order valence-electron chi connectivity index (χ4n) is 1.40. The van der Waals surface area contributed by atoms with Crippen LogP contribution in [0.4, 0.5) is 0 Å². The first-order valence-electron chi connectivity index (χ1n) is 4.78. The number of aromatic nitrogens is 5. The van der Waals surface area contributed by atoms with Crippen molar-refractivity contribution in [2.45, 2.75) is 25.9 Å². The van der Waals surface area contributed by atoms with Gasteiger partial charge in [0.25, 0.3) is 0 Å². The average molecular weight is 226 g/mol. The van der Waals surface area contributed by atoms with Crippen LogP contribution in [-0.4, -0.2) is 24.5 Å². The van der Waals surface area contributed by atoms with Gasteiger partial charge in [0.05, 0.1) is 17.8 Å². The van der Waals surface area contributed by atoms with Gasteiger partial charge in [0.1, 0.15) is 12.4 Å². The predicted octanol–water partition coefficient (Wildman–Crippen LogP) is 1.28. The van der Waals surface area contributed by atoms with E-state index in [1.165, 1.54) is 0 Å². The molecule has 0 saturated heterocycles. The van der Waals surface area contributed by atoms with Gasteiger partial charge in [0, 0.05) is 18.9 Å². The van der Waals surface area contributed by atoms with Crippen molar-refractivity contribution in [3.05, 3.63) is 30.1 Å². The van der Waals surface area contributed by atoms with Crippen LogP contribution in [-0.2, 0) is 19.0 Å². The van der Waals surface area contributed by atoms with Crippen molar-refractivity contribution in [1.82, 2.24) is 24.5 Å². The lowest BCUT2D eigenvalue weighted by Crippen LogP contribution is -2.08. The molecule has 0 unspecified atom stereocenters. The van der Waals surface area contributed by atoms with E-state index < -0.39 is 0 Å². The molecule has 6 heteroatoms. The van der Waals surface area contributed by atoms with E-state index in [-0.39, 0.29) is 0 Å². The van der Waals surface area contributed by atoms with E-state index >= 15 is 0 Å². The van der Waals surface area contributed by atoms with E-state index in [1.807, 2.05) is 12.4 Å². The Kier molecular flexibility index (Phi) is 3.01. The molecule has 15 heavy (non-hydrogen) atoms. The number of nitrogens with zero attached hydrogens (tertiary/aromatic N) is 5. The van der Waals surface area contributed by atoms with Crippen LogP contribution in [0.5, 0.6) is 0 Å². The summed E-state index contributed by atoms with van der Waals surface area (Å²) in [6.45, 7) is 3.62. The van der Waals surface area contributed by atoms with E-state index in [0.717, 1.165) is 18.1 Å². The topological polar surface area (TPSA) is 48.5 Å². The lowest BCUT2D eigenvalue weighted by molar-refractivity contribution is 0.588. The molecule has 0 N–H and O–H groups in total. The molecule has 2 aromatic rings. The van der Waals surface area contributed by atoms with Crippen molar-refractivity contribution >= 4 is 11.6 Å². The van der Waals surface area contributed by atoms with Crippen LogP contribution < -0.4 is 0 Å². The highest BCUT2D eigenvalue weighted by molar-refractivity contribution is 6.16. The second kappa shape index (κ2) is 4.44. The quantitative estimate of drug-likeness (QED) is 0.737. The molecule has 0 aliphatic carbocycles. The van der Waals surface area contributed by atoms with E-state index in [0.29, 0.717) is 12.4 Å². The average Bonchev–Trinajstić information content (AvgIpc) is 2.87.